The van der Waals surface area contributed by atoms with Crippen molar-refractivity contribution < 1.29 is 14.3 Å². The first-order chi connectivity index (χ1) is 6.12. The number of carbonyl (C=O) groups is 1. The molecule has 0 aliphatic heterocycles. The molecule has 0 aliphatic rings. The first kappa shape index (κ1) is 14.3. The Morgan fingerprint density at radius 1 is 1.46 bits per heavy atom. The van der Waals surface area contributed by atoms with Crippen molar-refractivity contribution in [2.75, 3.05) is 14.2 Å². The Balaban J connectivity index is 0. The van der Waals surface area contributed by atoms with E-state index in [1.165, 1.54) is 6.08 Å². The predicted octanol–water partition coefficient (Wildman–Crippen LogP) is 1.28. The lowest BCUT2D eigenvalue weighted by molar-refractivity contribution is -0.104. The molecule has 0 unspecified atom stereocenters. The molecular formula is C9H15NO3. The molecular weight excluding hydrogens is 170 g/mol. The van der Waals surface area contributed by atoms with Gasteiger partial charge in [0.1, 0.15) is 6.29 Å². The highest BCUT2D eigenvalue weighted by molar-refractivity contribution is 5.72. The summed E-state index contributed by atoms with van der Waals surface area (Å²) >= 11 is 0. The van der Waals surface area contributed by atoms with Gasteiger partial charge in [-0.2, -0.15) is 5.26 Å². The molecule has 0 aromatic carbocycles. The van der Waals surface area contributed by atoms with E-state index >= 15 is 0 Å². The fraction of sp³-hybridized carbons (Fsp3) is 0.556. The zero-order chi connectivity index (χ0) is 10.7. The minimum absolute atomic E-state index is 0.0648. The summed E-state index contributed by atoms with van der Waals surface area (Å²) in [4.78, 5) is 9.68. The molecule has 0 spiro atoms. The van der Waals surface area contributed by atoms with Gasteiger partial charge in [0, 0.05) is 20.3 Å². The minimum atomic E-state index is -0.0648. The molecule has 4 heteroatoms. The van der Waals surface area contributed by atoms with E-state index in [0.717, 1.165) is 0 Å². The van der Waals surface area contributed by atoms with Crippen molar-refractivity contribution in [3.63, 3.8) is 0 Å². The Bertz CT molecular complexity index is 190. The summed E-state index contributed by atoms with van der Waals surface area (Å²) in [5.41, 5.74) is 0.461. The zero-order valence-electron chi connectivity index (χ0n) is 8.40. The molecule has 0 aromatic rings. The maximum Gasteiger partial charge on any atom is 0.154 e. The molecule has 0 amide bonds. The molecule has 0 saturated carbocycles. The summed E-state index contributed by atoms with van der Waals surface area (Å²) in [7, 11) is 3.21. The lowest BCUT2D eigenvalue weighted by Gasteiger charge is -2.03. The SMILES string of the molecule is C/C(C=O)=C/C#N.COC(C)OC. The Labute approximate surface area is 78.8 Å². The van der Waals surface area contributed by atoms with Gasteiger partial charge in [0.15, 0.2) is 6.29 Å². The first-order valence-corrected chi connectivity index (χ1v) is 3.69. The molecule has 0 rings (SSSR count). The minimum Gasteiger partial charge on any atom is -0.356 e. The van der Waals surface area contributed by atoms with Crippen molar-refractivity contribution in [2.24, 2.45) is 0 Å². The number of hydrogen-bond donors (Lipinski definition) is 0. The largest absolute Gasteiger partial charge is 0.356 e. The summed E-state index contributed by atoms with van der Waals surface area (Å²) in [6.45, 7) is 3.41. The van der Waals surface area contributed by atoms with Crippen molar-refractivity contribution in [2.45, 2.75) is 20.1 Å². The molecule has 0 N–H and O–H groups in total. The Kier molecular flexibility index (Phi) is 11.9. The Morgan fingerprint density at radius 3 is 2.00 bits per heavy atom. The average molecular weight is 185 g/mol. The van der Waals surface area contributed by atoms with Gasteiger partial charge in [0.25, 0.3) is 0 Å². The molecule has 4 nitrogen and oxygen atoms in total. The summed E-state index contributed by atoms with van der Waals surface area (Å²) in [5, 5.41) is 7.88. The second kappa shape index (κ2) is 10.8. The third-order valence-electron chi connectivity index (χ3n) is 1.14. The Morgan fingerprint density at radius 2 is 1.92 bits per heavy atom. The molecule has 0 bridgehead atoms. The standard InChI is InChI=1S/C5H5NO.C4H10O2/c1-5(4-7)2-3-6;1-4(5-2)6-3/h2,4H,1H3;4H,1-3H3/b5-2-;. The summed E-state index contributed by atoms with van der Waals surface area (Å²) in [6, 6.07) is 1.73. The first-order valence-electron chi connectivity index (χ1n) is 3.69. The fourth-order valence-electron chi connectivity index (χ4n) is 0.232. The van der Waals surface area contributed by atoms with Crippen LogP contribution in [0.4, 0.5) is 0 Å². The second-order valence-corrected chi connectivity index (χ2v) is 2.17. The number of allylic oxidation sites excluding steroid dienone is 2. The van der Waals surface area contributed by atoms with Crippen LogP contribution in [-0.2, 0) is 14.3 Å². The van der Waals surface area contributed by atoms with Gasteiger partial charge >= 0.3 is 0 Å². The quantitative estimate of drug-likeness (QED) is 0.287. The van der Waals surface area contributed by atoms with Gasteiger partial charge in [-0.15, -0.1) is 0 Å². The third-order valence-corrected chi connectivity index (χ3v) is 1.14. The maximum atomic E-state index is 9.68. The monoisotopic (exact) mass is 185 g/mol. The number of rotatable bonds is 3. The molecule has 0 radical (unpaired) electrons. The summed E-state index contributed by atoms with van der Waals surface area (Å²) in [6.07, 6.45) is 1.78. The average Bonchev–Trinajstić information content (AvgIpc) is 2.18. The maximum absolute atomic E-state index is 9.68. The van der Waals surface area contributed by atoms with Crippen LogP contribution in [0, 0.1) is 11.3 Å². The highest BCUT2D eigenvalue weighted by atomic mass is 16.7. The van der Waals surface area contributed by atoms with Crippen molar-refractivity contribution in [3.05, 3.63) is 11.6 Å². The van der Waals surface area contributed by atoms with Crippen LogP contribution < -0.4 is 0 Å². The smallest absolute Gasteiger partial charge is 0.154 e. The molecule has 74 valence electrons. The van der Waals surface area contributed by atoms with Gasteiger partial charge in [-0.05, 0) is 19.4 Å². The molecule has 13 heavy (non-hydrogen) atoms. The molecule has 0 fully saturated rings. The van der Waals surface area contributed by atoms with E-state index in [1.807, 2.05) is 6.92 Å². The number of nitriles is 1. The van der Waals surface area contributed by atoms with Crippen molar-refractivity contribution in [3.8, 4) is 6.07 Å². The van der Waals surface area contributed by atoms with Gasteiger partial charge < -0.3 is 9.47 Å². The molecule has 0 atom stereocenters. The van der Waals surface area contributed by atoms with E-state index in [4.69, 9.17) is 5.26 Å². The lowest BCUT2D eigenvalue weighted by Crippen LogP contribution is -2.05. The van der Waals surface area contributed by atoms with E-state index in [9.17, 15) is 4.79 Å². The van der Waals surface area contributed by atoms with Crippen molar-refractivity contribution >= 4 is 6.29 Å². The number of methoxy groups -OCH3 is 2. The molecule has 0 aromatic heterocycles. The number of hydrogen-bond acceptors (Lipinski definition) is 4. The van der Waals surface area contributed by atoms with Crippen LogP contribution in [0.2, 0.25) is 0 Å². The summed E-state index contributed by atoms with van der Waals surface area (Å²) < 4.78 is 9.35. The molecule has 0 heterocycles. The topological polar surface area (TPSA) is 59.3 Å². The van der Waals surface area contributed by atoms with E-state index in [-0.39, 0.29) is 6.29 Å². The zero-order valence-corrected chi connectivity index (χ0v) is 8.40. The number of aldehydes is 1. The van der Waals surface area contributed by atoms with E-state index in [1.54, 1.807) is 27.2 Å². The van der Waals surface area contributed by atoms with Crippen molar-refractivity contribution in [1.29, 1.82) is 5.26 Å². The van der Waals surface area contributed by atoms with Crippen LogP contribution in [0.5, 0.6) is 0 Å². The van der Waals surface area contributed by atoms with Gasteiger partial charge in [0.2, 0.25) is 0 Å². The number of carbonyl (C=O) groups excluding carboxylic acids is 1. The van der Waals surface area contributed by atoms with E-state index in [2.05, 4.69) is 9.47 Å². The third kappa shape index (κ3) is 13.8. The van der Waals surface area contributed by atoms with Gasteiger partial charge in [-0.25, -0.2) is 0 Å². The van der Waals surface area contributed by atoms with Crippen LogP contribution in [-0.4, -0.2) is 26.8 Å². The van der Waals surface area contributed by atoms with Crippen LogP contribution in [0.25, 0.3) is 0 Å². The second-order valence-electron chi connectivity index (χ2n) is 2.17. The van der Waals surface area contributed by atoms with Crippen LogP contribution in [0.15, 0.2) is 11.6 Å². The van der Waals surface area contributed by atoms with Crippen LogP contribution in [0.3, 0.4) is 0 Å². The van der Waals surface area contributed by atoms with Gasteiger partial charge in [-0.1, -0.05) is 0 Å². The molecule has 0 saturated heterocycles. The highest BCUT2D eigenvalue weighted by Crippen LogP contribution is 1.83. The number of ether oxygens (including phenoxy) is 2. The van der Waals surface area contributed by atoms with Crippen LogP contribution >= 0.6 is 0 Å². The summed E-state index contributed by atoms with van der Waals surface area (Å²) in [5.74, 6) is 0. The molecule has 0 aliphatic carbocycles. The lowest BCUT2D eigenvalue weighted by atomic mass is 10.3. The normalized spacial score (nSPS) is 10.0. The fourth-order valence-corrected chi connectivity index (χ4v) is 0.232. The van der Waals surface area contributed by atoms with Crippen molar-refractivity contribution in [1.82, 2.24) is 0 Å². The predicted molar refractivity (Wildman–Crippen MR) is 48.9 cm³/mol. The van der Waals surface area contributed by atoms with Gasteiger partial charge in [-0.3, -0.25) is 4.79 Å². The van der Waals surface area contributed by atoms with Gasteiger partial charge in [0.05, 0.1) is 6.07 Å². The van der Waals surface area contributed by atoms with E-state index < -0.39 is 0 Å². The number of nitrogens with zero attached hydrogens (tertiary/aromatic N) is 1. The highest BCUT2D eigenvalue weighted by Gasteiger charge is 1.87. The Hall–Kier alpha value is -1.18. The van der Waals surface area contributed by atoms with E-state index in [0.29, 0.717) is 11.9 Å². The van der Waals surface area contributed by atoms with Crippen LogP contribution in [0.1, 0.15) is 13.8 Å².